The number of hydrogen-bond donors (Lipinski definition) is 2. The van der Waals surface area contributed by atoms with Crippen LogP contribution in [0, 0.1) is 10.8 Å². The molecule has 2 aliphatic carbocycles. The molecule has 0 aromatic rings. The smallest absolute Gasteiger partial charge is 0.331 e. The van der Waals surface area contributed by atoms with Gasteiger partial charge < -0.3 is 10.2 Å². The van der Waals surface area contributed by atoms with E-state index in [9.17, 15) is 19.8 Å². The molecule has 0 saturated heterocycles. The van der Waals surface area contributed by atoms with E-state index < -0.39 is 17.4 Å². The Balaban J connectivity index is 2.44. The summed E-state index contributed by atoms with van der Waals surface area (Å²) in [6.45, 7) is 3.74. The largest absolute Gasteiger partial charge is 0.481 e. The van der Waals surface area contributed by atoms with Crippen LogP contribution in [0.4, 0.5) is 0 Å². The van der Waals surface area contributed by atoms with Gasteiger partial charge in [-0.2, -0.15) is 0 Å². The van der Waals surface area contributed by atoms with Crippen LogP contribution >= 0.6 is 0 Å². The molecular weight excluding hydrogens is 256 g/mol. The molecule has 1 fully saturated rings. The summed E-state index contributed by atoms with van der Waals surface area (Å²) < 4.78 is 0. The predicted molar refractivity (Wildman–Crippen MR) is 75.4 cm³/mol. The molecular formula is C16H22O4. The second kappa shape index (κ2) is 5.08. The van der Waals surface area contributed by atoms with Crippen LogP contribution in [-0.4, -0.2) is 22.2 Å². The van der Waals surface area contributed by atoms with E-state index >= 15 is 0 Å². The monoisotopic (exact) mass is 278 g/mol. The number of carbonyl (C=O) groups is 2. The molecule has 4 nitrogen and oxygen atoms in total. The Hall–Kier alpha value is -1.58. The molecule has 0 aromatic carbocycles. The average molecular weight is 278 g/mol. The van der Waals surface area contributed by atoms with Gasteiger partial charge in [0.25, 0.3) is 0 Å². The van der Waals surface area contributed by atoms with Crippen molar-refractivity contribution in [2.75, 3.05) is 0 Å². The first-order chi connectivity index (χ1) is 9.27. The summed E-state index contributed by atoms with van der Waals surface area (Å²) >= 11 is 0. The number of aliphatic carboxylic acids is 2. The van der Waals surface area contributed by atoms with Gasteiger partial charge in [-0.15, -0.1) is 0 Å². The highest BCUT2D eigenvalue weighted by Gasteiger charge is 2.40. The Morgan fingerprint density at radius 2 is 1.70 bits per heavy atom. The Bertz CT molecular complexity index is 495. The molecule has 4 heteroatoms. The molecule has 0 spiro atoms. The summed E-state index contributed by atoms with van der Waals surface area (Å²) in [5.74, 6) is -1.97. The zero-order chi connectivity index (χ0) is 15.0. The van der Waals surface area contributed by atoms with Crippen LogP contribution in [0.15, 0.2) is 23.3 Å². The molecule has 110 valence electrons. The first-order valence-electron chi connectivity index (χ1n) is 7.17. The number of carboxylic acid groups (broad SMARTS) is 2. The Morgan fingerprint density at radius 1 is 1.10 bits per heavy atom. The highest BCUT2D eigenvalue weighted by molar-refractivity contribution is 5.90. The number of carboxylic acids is 2. The van der Waals surface area contributed by atoms with Gasteiger partial charge in [0.15, 0.2) is 0 Å². The fraction of sp³-hybridized carbons (Fsp3) is 0.625. The van der Waals surface area contributed by atoms with E-state index in [0.29, 0.717) is 0 Å². The van der Waals surface area contributed by atoms with Crippen molar-refractivity contribution in [3.8, 4) is 0 Å². The summed E-state index contributed by atoms with van der Waals surface area (Å²) in [5.41, 5.74) is -0.0983. The Kier molecular flexibility index (Phi) is 3.76. The Labute approximate surface area is 119 Å². The number of allylic oxidation sites excluding steroid dienone is 2. The van der Waals surface area contributed by atoms with E-state index in [1.807, 2.05) is 0 Å². The van der Waals surface area contributed by atoms with Crippen LogP contribution in [0.2, 0.25) is 0 Å². The van der Waals surface area contributed by atoms with Gasteiger partial charge in [-0.3, -0.25) is 4.79 Å². The summed E-state index contributed by atoms with van der Waals surface area (Å²) in [7, 11) is 0. The van der Waals surface area contributed by atoms with Gasteiger partial charge in [-0.25, -0.2) is 4.79 Å². The normalized spacial score (nSPS) is 29.3. The van der Waals surface area contributed by atoms with Crippen LogP contribution < -0.4 is 0 Å². The van der Waals surface area contributed by atoms with E-state index in [0.717, 1.165) is 31.3 Å². The van der Waals surface area contributed by atoms with Gasteiger partial charge in [-0.1, -0.05) is 32.3 Å². The standard InChI is InChI=1S/C16H22O4/c1-15(6-4-3-5-7-15)12-8-11(13(17)18)9-16(2,10-12)14(19)20/h8,10H,3-7,9H2,1-2H3,(H,17,18)(H,19,20). The van der Waals surface area contributed by atoms with E-state index in [4.69, 9.17) is 0 Å². The van der Waals surface area contributed by atoms with Crippen LogP contribution in [0.1, 0.15) is 52.4 Å². The Morgan fingerprint density at radius 3 is 2.20 bits per heavy atom. The molecule has 0 radical (unpaired) electrons. The third-order valence-electron chi connectivity index (χ3n) is 4.78. The van der Waals surface area contributed by atoms with Crippen LogP contribution in [0.25, 0.3) is 0 Å². The summed E-state index contributed by atoms with van der Waals surface area (Å²) in [6.07, 6.45) is 8.98. The minimum Gasteiger partial charge on any atom is -0.481 e. The quantitative estimate of drug-likeness (QED) is 0.829. The van der Waals surface area contributed by atoms with Crippen molar-refractivity contribution < 1.29 is 19.8 Å². The summed E-state index contributed by atoms with van der Waals surface area (Å²) in [5, 5.41) is 18.7. The molecule has 1 saturated carbocycles. The highest BCUT2D eigenvalue weighted by atomic mass is 16.4. The molecule has 2 N–H and O–H groups in total. The first kappa shape index (κ1) is 14.8. The predicted octanol–water partition coefficient (Wildman–Crippen LogP) is 3.39. The average Bonchev–Trinajstić information content (AvgIpc) is 2.38. The molecule has 20 heavy (non-hydrogen) atoms. The van der Waals surface area contributed by atoms with Gasteiger partial charge in [-0.05, 0) is 43.3 Å². The van der Waals surface area contributed by atoms with E-state index in [1.54, 1.807) is 19.1 Å². The number of rotatable bonds is 3. The van der Waals surface area contributed by atoms with Gasteiger partial charge in [0, 0.05) is 5.57 Å². The minimum atomic E-state index is -1.11. The van der Waals surface area contributed by atoms with Crippen molar-refractivity contribution >= 4 is 11.9 Å². The van der Waals surface area contributed by atoms with Crippen molar-refractivity contribution in [1.29, 1.82) is 0 Å². The number of hydrogen-bond acceptors (Lipinski definition) is 2. The molecule has 1 atom stereocenters. The molecule has 1 unspecified atom stereocenters. The van der Waals surface area contributed by atoms with Gasteiger partial charge in [0.05, 0.1) is 5.41 Å². The first-order valence-corrected chi connectivity index (χ1v) is 7.17. The third kappa shape index (κ3) is 2.65. The van der Waals surface area contributed by atoms with Gasteiger partial charge in [0.2, 0.25) is 0 Å². The van der Waals surface area contributed by atoms with E-state index in [1.165, 1.54) is 6.42 Å². The highest BCUT2D eigenvalue weighted by Crippen LogP contribution is 2.47. The molecule has 0 bridgehead atoms. The molecule has 0 amide bonds. The van der Waals surface area contributed by atoms with Crippen molar-refractivity contribution in [2.24, 2.45) is 10.8 Å². The fourth-order valence-corrected chi connectivity index (χ4v) is 3.31. The van der Waals surface area contributed by atoms with E-state index in [2.05, 4.69) is 6.92 Å². The second-order valence-corrected chi connectivity index (χ2v) is 6.60. The minimum absolute atomic E-state index is 0.0528. The molecule has 2 rings (SSSR count). The molecule has 0 aliphatic heterocycles. The lowest BCUT2D eigenvalue weighted by atomic mass is 9.65. The van der Waals surface area contributed by atoms with Crippen molar-refractivity contribution in [2.45, 2.75) is 52.4 Å². The summed E-state index contributed by atoms with van der Waals surface area (Å²) in [6, 6.07) is 0. The topological polar surface area (TPSA) is 74.6 Å². The van der Waals surface area contributed by atoms with Crippen molar-refractivity contribution in [3.05, 3.63) is 23.3 Å². The molecule has 0 heterocycles. The van der Waals surface area contributed by atoms with Gasteiger partial charge >= 0.3 is 11.9 Å². The zero-order valence-electron chi connectivity index (χ0n) is 12.1. The maximum Gasteiger partial charge on any atom is 0.331 e. The fourth-order valence-electron chi connectivity index (χ4n) is 3.31. The maximum atomic E-state index is 11.5. The summed E-state index contributed by atoms with van der Waals surface area (Å²) in [4.78, 5) is 22.8. The lowest BCUT2D eigenvalue weighted by molar-refractivity contribution is -0.145. The van der Waals surface area contributed by atoms with Crippen molar-refractivity contribution in [3.63, 3.8) is 0 Å². The van der Waals surface area contributed by atoms with Crippen LogP contribution in [0.5, 0.6) is 0 Å². The maximum absolute atomic E-state index is 11.5. The van der Waals surface area contributed by atoms with Crippen LogP contribution in [0.3, 0.4) is 0 Å². The lowest BCUT2D eigenvalue weighted by Crippen LogP contribution is -2.33. The SMILES string of the molecule is CC1(C(=O)O)C=C(C2(C)CCCCC2)C=C(C(=O)O)C1. The molecule has 0 aromatic heterocycles. The third-order valence-corrected chi connectivity index (χ3v) is 4.78. The van der Waals surface area contributed by atoms with Crippen molar-refractivity contribution in [1.82, 2.24) is 0 Å². The second-order valence-electron chi connectivity index (χ2n) is 6.60. The molecule has 2 aliphatic rings. The van der Waals surface area contributed by atoms with Gasteiger partial charge in [0.1, 0.15) is 0 Å². The van der Waals surface area contributed by atoms with Crippen LogP contribution in [-0.2, 0) is 9.59 Å². The van der Waals surface area contributed by atoms with E-state index in [-0.39, 0.29) is 17.4 Å². The zero-order valence-corrected chi connectivity index (χ0v) is 12.1. The lowest BCUT2D eigenvalue weighted by Gasteiger charge is -2.39.